The summed E-state index contributed by atoms with van der Waals surface area (Å²) in [6, 6.07) is 0. The summed E-state index contributed by atoms with van der Waals surface area (Å²) >= 11 is 0. The van der Waals surface area contributed by atoms with Crippen molar-refractivity contribution in [1.29, 1.82) is 0 Å². The average Bonchev–Trinajstić information content (AvgIpc) is 2.81. The van der Waals surface area contributed by atoms with E-state index in [2.05, 4.69) is 25.3 Å². The number of hydrogen-bond acceptors (Lipinski definition) is 5. The Bertz CT molecular complexity index is 660. The van der Waals surface area contributed by atoms with E-state index in [1.807, 2.05) is 20.8 Å². The first kappa shape index (κ1) is 19.7. The van der Waals surface area contributed by atoms with Crippen LogP contribution in [0, 0.1) is 19.8 Å². The van der Waals surface area contributed by atoms with Gasteiger partial charge in [-0.1, -0.05) is 6.42 Å². The van der Waals surface area contributed by atoms with Gasteiger partial charge in [0.2, 0.25) is 15.9 Å². The lowest BCUT2D eigenvalue weighted by atomic mass is 9.86. The van der Waals surface area contributed by atoms with Crippen molar-refractivity contribution in [2.45, 2.75) is 46.6 Å². The Hall–Kier alpha value is -1.61. The normalized spacial score (nSPS) is 15.9. The van der Waals surface area contributed by atoms with Crippen LogP contribution in [0.5, 0.6) is 0 Å². The van der Waals surface area contributed by atoms with Crippen LogP contribution in [0.15, 0.2) is 9.41 Å². The lowest BCUT2D eigenvalue weighted by Gasteiger charge is -2.25. The molecule has 1 aliphatic rings. The predicted molar refractivity (Wildman–Crippen MR) is 97.9 cm³/mol. The highest BCUT2D eigenvalue weighted by atomic mass is 32.2. The number of aliphatic imine (C=N–C) groups is 1. The van der Waals surface area contributed by atoms with Gasteiger partial charge in [-0.2, -0.15) is 0 Å². The molecule has 1 aliphatic carbocycles. The number of aryl methyl sites for hydroxylation is 2. The maximum Gasteiger partial charge on any atom is 0.216 e. The second kappa shape index (κ2) is 9.19. The molecule has 0 aromatic carbocycles. The van der Waals surface area contributed by atoms with Crippen LogP contribution in [0.25, 0.3) is 0 Å². The van der Waals surface area contributed by atoms with Crippen molar-refractivity contribution in [1.82, 2.24) is 20.3 Å². The zero-order valence-electron chi connectivity index (χ0n) is 15.3. The maximum absolute atomic E-state index is 12.0. The standard InChI is InChI=1S/C16H29N5O3S/c1-4-17-16(19-11-15-21-12(2)13(3)24-15)18-8-9-25(22,23)20-10-14-6-5-7-14/h14,20H,4-11H2,1-3H3,(H2,17,18,19). The summed E-state index contributed by atoms with van der Waals surface area (Å²) in [5.41, 5.74) is 0.854. The van der Waals surface area contributed by atoms with Crippen molar-refractivity contribution < 1.29 is 12.8 Å². The number of oxazole rings is 1. The smallest absolute Gasteiger partial charge is 0.216 e. The van der Waals surface area contributed by atoms with Gasteiger partial charge in [0.1, 0.15) is 12.3 Å². The molecule has 1 aromatic rings. The number of nitrogens with zero attached hydrogens (tertiary/aromatic N) is 2. The van der Waals surface area contributed by atoms with Crippen LogP contribution >= 0.6 is 0 Å². The summed E-state index contributed by atoms with van der Waals surface area (Å²) in [4.78, 5) is 8.66. The van der Waals surface area contributed by atoms with E-state index in [1.165, 1.54) is 6.42 Å². The van der Waals surface area contributed by atoms with Gasteiger partial charge in [-0.3, -0.25) is 0 Å². The molecule has 9 heteroatoms. The Balaban J connectivity index is 1.78. The molecule has 0 spiro atoms. The number of aromatic nitrogens is 1. The van der Waals surface area contributed by atoms with Crippen LogP contribution in [0.1, 0.15) is 43.5 Å². The molecule has 0 saturated heterocycles. The molecule has 142 valence electrons. The Labute approximate surface area is 149 Å². The fraction of sp³-hybridized carbons (Fsp3) is 0.750. The van der Waals surface area contributed by atoms with Gasteiger partial charge in [0.15, 0.2) is 5.96 Å². The van der Waals surface area contributed by atoms with E-state index < -0.39 is 10.0 Å². The minimum atomic E-state index is -3.26. The van der Waals surface area contributed by atoms with E-state index in [9.17, 15) is 8.42 Å². The molecule has 1 aromatic heterocycles. The van der Waals surface area contributed by atoms with Crippen LogP contribution in [0.3, 0.4) is 0 Å². The van der Waals surface area contributed by atoms with E-state index in [-0.39, 0.29) is 12.3 Å². The zero-order chi connectivity index (χ0) is 18.3. The molecule has 25 heavy (non-hydrogen) atoms. The SMILES string of the molecule is CCNC(=NCc1nc(C)c(C)o1)NCCS(=O)(=O)NCC1CCC1. The molecule has 8 nitrogen and oxygen atoms in total. The molecule has 1 fully saturated rings. The highest BCUT2D eigenvalue weighted by Gasteiger charge is 2.20. The van der Waals surface area contributed by atoms with Gasteiger partial charge in [-0.25, -0.2) is 23.1 Å². The van der Waals surface area contributed by atoms with Gasteiger partial charge in [0, 0.05) is 19.6 Å². The van der Waals surface area contributed by atoms with Crippen LogP contribution in [-0.2, 0) is 16.6 Å². The van der Waals surface area contributed by atoms with E-state index >= 15 is 0 Å². The summed E-state index contributed by atoms with van der Waals surface area (Å²) in [7, 11) is -3.26. The first-order valence-electron chi connectivity index (χ1n) is 8.82. The van der Waals surface area contributed by atoms with Gasteiger partial charge < -0.3 is 15.1 Å². The lowest BCUT2D eigenvalue weighted by Crippen LogP contribution is -2.42. The summed E-state index contributed by atoms with van der Waals surface area (Å²) in [6.07, 6.45) is 3.45. The van der Waals surface area contributed by atoms with Crippen LogP contribution in [-0.4, -0.2) is 44.7 Å². The largest absolute Gasteiger partial charge is 0.444 e. The predicted octanol–water partition coefficient (Wildman–Crippen LogP) is 1.07. The molecule has 1 heterocycles. The molecule has 0 bridgehead atoms. The highest BCUT2D eigenvalue weighted by Crippen LogP contribution is 2.25. The van der Waals surface area contributed by atoms with Gasteiger partial charge in [-0.05, 0) is 39.5 Å². The lowest BCUT2D eigenvalue weighted by molar-refractivity contribution is 0.316. The van der Waals surface area contributed by atoms with Gasteiger partial charge >= 0.3 is 0 Å². The third kappa shape index (κ3) is 6.66. The molecular weight excluding hydrogens is 342 g/mol. The first-order valence-corrected chi connectivity index (χ1v) is 10.5. The fourth-order valence-corrected chi connectivity index (χ4v) is 3.42. The summed E-state index contributed by atoms with van der Waals surface area (Å²) in [5, 5.41) is 6.12. The Morgan fingerprint density at radius 3 is 2.64 bits per heavy atom. The monoisotopic (exact) mass is 371 g/mol. The van der Waals surface area contributed by atoms with E-state index in [1.54, 1.807) is 0 Å². The zero-order valence-corrected chi connectivity index (χ0v) is 16.1. The van der Waals surface area contributed by atoms with Crippen LogP contribution in [0.2, 0.25) is 0 Å². The molecule has 3 N–H and O–H groups in total. The van der Waals surface area contributed by atoms with Crippen LogP contribution < -0.4 is 15.4 Å². The van der Waals surface area contributed by atoms with E-state index in [4.69, 9.17) is 4.42 Å². The van der Waals surface area contributed by atoms with Gasteiger partial charge in [0.05, 0.1) is 11.4 Å². The fourth-order valence-electron chi connectivity index (χ4n) is 2.41. The van der Waals surface area contributed by atoms with Crippen molar-refractivity contribution in [3.8, 4) is 0 Å². The molecule has 0 aliphatic heterocycles. The third-order valence-corrected chi connectivity index (χ3v) is 5.62. The molecule has 1 saturated carbocycles. The minimum absolute atomic E-state index is 0.0152. The van der Waals surface area contributed by atoms with Crippen molar-refractivity contribution in [2.24, 2.45) is 10.9 Å². The number of nitrogens with one attached hydrogen (secondary N) is 3. The highest BCUT2D eigenvalue weighted by molar-refractivity contribution is 7.89. The topological polar surface area (TPSA) is 109 Å². The second-order valence-electron chi connectivity index (χ2n) is 6.34. The average molecular weight is 372 g/mol. The Morgan fingerprint density at radius 1 is 1.32 bits per heavy atom. The van der Waals surface area contributed by atoms with Crippen molar-refractivity contribution >= 4 is 16.0 Å². The number of hydrogen-bond donors (Lipinski definition) is 3. The van der Waals surface area contributed by atoms with Crippen molar-refractivity contribution in [3.05, 3.63) is 17.3 Å². The maximum atomic E-state index is 12.0. The Kier molecular flexibility index (Phi) is 7.24. The van der Waals surface area contributed by atoms with Crippen molar-refractivity contribution in [3.63, 3.8) is 0 Å². The number of sulfonamides is 1. The molecule has 0 unspecified atom stereocenters. The first-order chi connectivity index (χ1) is 11.9. The summed E-state index contributed by atoms with van der Waals surface area (Å²) in [6.45, 7) is 7.53. The van der Waals surface area contributed by atoms with Gasteiger partial charge in [-0.15, -0.1) is 0 Å². The molecule has 0 amide bonds. The quantitative estimate of drug-likeness (QED) is 0.442. The summed E-state index contributed by atoms with van der Waals surface area (Å²) in [5.74, 6) is 2.40. The molecular formula is C16H29N5O3S. The summed E-state index contributed by atoms with van der Waals surface area (Å²) < 4.78 is 32.2. The molecule has 2 rings (SSSR count). The Morgan fingerprint density at radius 2 is 2.08 bits per heavy atom. The van der Waals surface area contributed by atoms with Gasteiger partial charge in [0.25, 0.3) is 0 Å². The van der Waals surface area contributed by atoms with Crippen molar-refractivity contribution in [2.75, 3.05) is 25.4 Å². The van der Waals surface area contributed by atoms with Crippen LogP contribution in [0.4, 0.5) is 0 Å². The van der Waals surface area contributed by atoms with E-state index in [0.717, 1.165) is 24.3 Å². The van der Waals surface area contributed by atoms with E-state index in [0.29, 0.717) is 37.4 Å². The molecule has 0 atom stereocenters. The number of guanidine groups is 1. The number of rotatable bonds is 9. The second-order valence-corrected chi connectivity index (χ2v) is 8.26. The molecule has 0 radical (unpaired) electrons. The third-order valence-electron chi connectivity index (χ3n) is 4.27. The minimum Gasteiger partial charge on any atom is -0.444 e.